The van der Waals surface area contributed by atoms with E-state index in [0.717, 1.165) is 66.8 Å². The van der Waals surface area contributed by atoms with E-state index >= 15 is 0 Å². The van der Waals surface area contributed by atoms with Crippen LogP contribution in [0.1, 0.15) is 66.8 Å². The predicted octanol–water partition coefficient (Wildman–Crippen LogP) is 11.6. The zero-order valence-corrected chi connectivity index (χ0v) is 34.4. The van der Waals surface area contributed by atoms with Gasteiger partial charge in [0.1, 0.15) is 11.1 Å². The van der Waals surface area contributed by atoms with E-state index in [9.17, 15) is 5.21 Å². The maximum atomic E-state index is 12.2. The van der Waals surface area contributed by atoms with Crippen molar-refractivity contribution in [1.82, 2.24) is 14.0 Å². The molecule has 0 amide bonds. The van der Waals surface area contributed by atoms with Crippen molar-refractivity contribution in [3.63, 3.8) is 0 Å². The van der Waals surface area contributed by atoms with Crippen molar-refractivity contribution in [2.75, 3.05) is 28.2 Å². The summed E-state index contributed by atoms with van der Waals surface area (Å²) in [5.74, 6) is 0. The Morgan fingerprint density at radius 1 is 0.389 bits per heavy atom. The van der Waals surface area contributed by atoms with Crippen molar-refractivity contribution in [2.24, 2.45) is 4.91 Å². The van der Waals surface area contributed by atoms with Crippen LogP contribution in [0, 0.1) is 41.5 Å². The number of benzene rings is 6. The molecular weight excluding hydrogens is 680 g/mol. The fraction of sp³-hybridized carbons (Fsp3) is 0.250. The lowest BCUT2D eigenvalue weighted by molar-refractivity contribution is 0.152. The summed E-state index contributed by atoms with van der Waals surface area (Å²) >= 11 is 0. The summed E-state index contributed by atoms with van der Waals surface area (Å²) in [4.78, 5) is 4.73. The van der Waals surface area contributed by atoms with Gasteiger partial charge in [-0.15, -0.1) is 4.91 Å². The van der Waals surface area contributed by atoms with Crippen molar-refractivity contribution in [3.05, 3.63) is 212 Å². The molecule has 0 unspecified atom stereocenters. The summed E-state index contributed by atoms with van der Waals surface area (Å²) < 4.78 is 6.92. The molecule has 0 atom stereocenters. The third-order valence-corrected chi connectivity index (χ3v) is 14.2. The lowest BCUT2D eigenvalue weighted by Crippen LogP contribution is -2.60. The van der Waals surface area contributed by atoms with Crippen LogP contribution in [0.5, 0.6) is 0 Å². The van der Waals surface area contributed by atoms with Crippen LogP contribution < -0.4 is 0 Å². The molecular formula is C48H55N4OP. The smallest absolute Gasteiger partial charge is 0.199 e. The highest BCUT2D eigenvalue weighted by Crippen LogP contribution is 2.70. The van der Waals surface area contributed by atoms with Gasteiger partial charge in [-0.2, -0.15) is 0 Å². The van der Waals surface area contributed by atoms with Gasteiger partial charge in [-0.25, -0.2) is 4.67 Å². The van der Waals surface area contributed by atoms with Crippen molar-refractivity contribution in [3.8, 4) is 0 Å². The lowest BCUT2D eigenvalue weighted by Gasteiger charge is -2.61. The van der Waals surface area contributed by atoms with E-state index in [-0.39, 0.29) is 0 Å². The Bertz CT molecular complexity index is 1950. The van der Waals surface area contributed by atoms with E-state index in [4.69, 9.17) is 4.91 Å². The first-order valence-corrected chi connectivity index (χ1v) is 20.3. The normalized spacial score (nSPS) is 12.5. The van der Waals surface area contributed by atoms with Gasteiger partial charge in [0.05, 0.1) is 0 Å². The van der Waals surface area contributed by atoms with Crippen LogP contribution >= 0.6 is 7.51 Å². The molecule has 0 aromatic heterocycles. The maximum absolute atomic E-state index is 12.2. The highest BCUT2D eigenvalue weighted by atomic mass is 31.2. The van der Waals surface area contributed by atoms with Gasteiger partial charge in [-0.05, 0) is 103 Å². The van der Waals surface area contributed by atoms with Crippen LogP contribution in [0.2, 0.25) is 0 Å². The first kappa shape index (κ1) is 39.1. The Morgan fingerprint density at radius 2 is 0.593 bits per heavy atom. The van der Waals surface area contributed by atoms with Crippen LogP contribution in [0.25, 0.3) is 0 Å². The number of nitrogens with zero attached hydrogens (tertiary/aromatic N) is 4. The molecule has 0 heterocycles. The first-order valence-electron chi connectivity index (χ1n) is 18.7. The molecule has 278 valence electrons. The topological polar surface area (TPSA) is 42.3 Å². The molecule has 0 aliphatic rings. The highest BCUT2D eigenvalue weighted by Gasteiger charge is 2.61. The molecule has 54 heavy (non-hydrogen) atoms. The van der Waals surface area contributed by atoms with E-state index in [1.54, 1.807) is 0 Å². The minimum absolute atomic E-state index is 1.06. The number of hydrogen-bond donors (Lipinski definition) is 1. The van der Waals surface area contributed by atoms with Crippen molar-refractivity contribution < 1.29 is 5.21 Å². The summed E-state index contributed by atoms with van der Waals surface area (Å²) in [5.41, 5.74) is 11.2. The van der Waals surface area contributed by atoms with Crippen LogP contribution in [-0.2, 0) is 11.1 Å². The molecule has 0 aliphatic heterocycles. The standard InChI is InChI=1S/C48H55N4OP/c1-35-17-11-23-41(29-35)47(42-24-12-18-36(2)30-42,43-25-13-19-37(3)31-43)52(54(49-53,50(7)8)51(9)10)48(44-26-14-20-38(4)32-44,45-27-15-21-39(5)33-45)46-28-16-22-40(6)34-46/h11-34,53H,1-10H3. The molecule has 0 spiro atoms. The van der Waals surface area contributed by atoms with E-state index < -0.39 is 18.6 Å². The Kier molecular flexibility index (Phi) is 11.3. The fourth-order valence-corrected chi connectivity index (χ4v) is 11.9. The Labute approximate surface area is 323 Å². The minimum Gasteiger partial charge on any atom is -0.265 e. The van der Waals surface area contributed by atoms with Gasteiger partial charge in [0.2, 0.25) is 0 Å². The predicted molar refractivity (Wildman–Crippen MR) is 227 cm³/mol. The summed E-state index contributed by atoms with van der Waals surface area (Å²) in [6, 6.07) is 53.5. The summed E-state index contributed by atoms with van der Waals surface area (Å²) in [7, 11) is 4.85. The van der Waals surface area contributed by atoms with E-state index in [2.05, 4.69) is 229 Å². The molecule has 6 aromatic rings. The molecule has 6 rings (SSSR count). The third kappa shape index (κ3) is 6.59. The van der Waals surface area contributed by atoms with Gasteiger partial charge in [-0.3, -0.25) is 14.5 Å². The number of hydrogen-bond acceptors (Lipinski definition) is 1. The second-order valence-corrected chi connectivity index (χ2v) is 18.5. The molecule has 5 nitrogen and oxygen atoms in total. The minimum atomic E-state index is -3.38. The van der Waals surface area contributed by atoms with Gasteiger partial charge in [0, 0.05) is 0 Å². The van der Waals surface area contributed by atoms with Crippen LogP contribution in [0.4, 0.5) is 0 Å². The Hall–Kier alpha value is -4.61. The van der Waals surface area contributed by atoms with Crippen LogP contribution in [0.15, 0.2) is 151 Å². The molecule has 0 saturated carbocycles. The zero-order chi connectivity index (χ0) is 38.8. The molecule has 0 fully saturated rings. The summed E-state index contributed by atoms with van der Waals surface area (Å²) in [6.45, 7) is 13.0. The average molecular weight is 735 g/mol. The second-order valence-electron chi connectivity index (χ2n) is 15.3. The molecule has 0 saturated heterocycles. The molecule has 6 heteroatoms. The van der Waals surface area contributed by atoms with Gasteiger partial charge in [0.25, 0.3) is 0 Å². The highest BCUT2D eigenvalue weighted by molar-refractivity contribution is 7.59. The van der Waals surface area contributed by atoms with Crippen LogP contribution in [0.3, 0.4) is 0 Å². The fourth-order valence-electron chi connectivity index (χ4n) is 8.52. The van der Waals surface area contributed by atoms with Gasteiger partial charge in [-0.1, -0.05) is 179 Å². The quantitative estimate of drug-likeness (QED) is 0.0818. The third-order valence-electron chi connectivity index (χ3n) is 10.7. The Balaban J connectivity index is 2.09. The maximum Gasteiger partial charge on any atom is 0.199 e. The summed E-state index contributed by atoms with van der Waals surface area (Å²) in [5, 5.41) is 12.2. The largest absolute Gasteiger partial charge is 0.265 e. The van der Waals surface area contributed by atoms with Crippen molar-refractivity contribution in [2.45, 2.75) is 52.6 Å². The monoisotopic (exact) mass is 734 g/mol. The van der Waals surface area contributed by atoms with E-state index in [0.29, 0.717) is 0 Å². The van der Waals surface area contributed by atoms with Crippen molar-refractivity contribution >= 4 is 7.51 Å². The number of aryl methyl sites for hydroxylation is 6. The van der Waals surface area contributed by atoms with Crippen LogP contribution in [-0.4, -0.2) is 47.4 Å². The SMILES string of the molecule is Cc1cccc(C(c2cccc(C)c2)(c2cccc(C)c2)N(C(c2cccc(C)c2)(c2cccc(C)c2)c2cccc(C)c2)P(=NO)(N(C)C)N(C)C)c1. The first-order chi connectivity index (χ1) is 25.8. The Morgan fingerprint density at radius 3 is 0.741 bits per heavy atom. The van der Waals surface area contributed by atoms with Gasteiger partial charge < -0.3 is 0 Å². The zero-order valence-electron chi connectivity index (χ0n) is 33.5. The van der Waals surface area contributed by atoms with Gasteiger partial charge >= 0.3 is 0 Å². The number of rotatable bonds is 11. The lowest BCUT2D eigenvalue weighted by atomic mass is 9.69. The average Bonchev–Trinajstić information content (AvgIpc) is 3.13. The second kappa shape index (κ2) is 15.6. The van der Waals surface area contributed by atoms with Crippen molar-refractivity contribution in [1.29, 1.82) is 0 Å². The van der Waals surface area contributed by atoms with E-state index in [1.807, 2.05) is 0 Å². The molecule has 0 aliphatic carbocycles. The van der Waals surface area contributed by atoms with Gasteiger partial charge in [0.15, 0.2) is 7.51 Å². The molecule has 0 radical (unpaired) electrons. The molecule has 1 N–H and O–H groups in total. The van der Waals surface area contributed by atoms with E-state index in [1.165, 1.54) is 0 Å². The molecule has 6 aromatic carbocycles. The molecule has 0 bridgehead atoms. The summed E-state index contributed by atoms with van der Waals surface area (Å²) in [6.07, 6.45) is 0.